The van der Waals surface area contributed by atoms with Gasteiger partial charge in [-0.3, -0.25) is 0 Å². The van der Waals surface area contributed by atoms with Crippen LogP contribution in [0.15, 0.2) is 30.7 Å². The summed E-state index contributed by atoms with van der Waals surface area (Å²) in [4.78, 5) is 4.07. The van der Waals surface area contributed by atoms with Gasteiger partial charge in [-0.15, -0.1) is 0 Å². The van der Waals surface area contributed by atoms with Gasteiger partial charge in [0.05, 0.1) is 11.2 Å². The zero-order valence-corrected chi connectivity index (χ0v) is 6.86. The Kier molecular flexibility index (Phi) is 1.80. The van der Waals surface area contributed by atoms with Gasteiger partial charge < -0.3 is 0 Å². The Bertz CT molecular complexity index is 352. The third-order valence-electron chi connectivity index (χ3n) is 1.40. The number of nitrogens with zero attached hydrogens (tertiary/aromatic N) is 3. The van der Waals surface area contributed by atoms with E-state index in [1.165, 1.54) is 0 Å². The highest BCUT2D eigenvalue weighted by atomic mass is 35.5. The second-order valence-electron chi connectivity index (χ2n) is 2.22. The molecule has 0 saturated heterocycles. The lowest BCUT2D eigenvalue weighted by atomic mass is 10.5. The van der Waals surface area contributed by atoms with E-state index in [1.807, 2.05) is 0 Å². The Labute approximate surface area is 74.6 Å². The van der Waals surface area contributed by atoms with Crippen molar-refractivity contribution in [2.24, 2.45) is 0 Å². The molecule has 4 heteroatoms. The molecule has 0 N–H and O–H groups in total. The minimum atomic E-state index is 0.620. The van der Waals surface area contributed by atoms with Crippen molar-refractivity contribution in [3.8, 4) is 5.82 Å². The predicted octanol–water partition coefficient (Wildman–Crippen LogP) is 1.72. The summed E-state index contributed by atoms with van der Waals surface area (Å²) in [6, 6.07) is 6.39. The first-order chi connectivity index (χ1) is 5.86. The lowest BCUT2D eigenvalue weighted by molar-refractivity contribution is 0.847. The van der Waals surface area contributed by atoms with Crippen LogP contribution in [0, 0.1) is 6.07 Å². The predicted molar refractivity (Wildman–Crippen MR) is 45.2 cm³/mol. The SMILES string of the molecule is Clc1ccc(-n2c[c]cn2)nc1. The average molecular weight is 179 g/mol. The van der Waals surface area contributed by atoms with Crippen molar-refractivity contribution in [3.05, 3.63) is 41.8 Å². The van der Waals surface area contributed by atoms with Crippen LogP contribution < -0.4 is 0 Å². The highest BCUT2D eigenvalue weighted by molar-refractivity contribution is 6.30. The quantitative estimate of drug-likeness (QED) is 0.666. The molecule has 0 unspecified atom stereocenters. The summed E-state index contributed by atoms with van der Waals surface area (Å²) in [7, 11) is 0. The summed E-state index contributed by atoms with van der Waals surface area (Å²) >= 11 is 5.67. The Balaban J connectivity index is 2.43. The largest absolute Gasteiger partial charge is 0.236 e. The summed E-state index contributed by atoms with van der Waals surface area (Å²) in [5.74, 6) is 0.737. The van der Waals surface area contributed by atoms with Crippen molar-refractivity contribution in [2.45, 2.75) is 0 Å². The lowest BCUT2D eigenvalue weighted by Gasteiger charge is -1.97. The molecule has 59 valence electrons. The van der Waals surface area contributed by atoms with Gasteiger partial charge in [0, 0.05) is 18.5 Å². The molecule has 0 fully saturated rings. The summed E-state index contributed by atoms with van der Waals surface area (Å²) in [5.41, 5.74) is 0. The molecule has 2 heterocycles. The fraction of sp³-hybridized carbons (Fsp3) is 0. The van der Waals surface area contributed by atoms with E-state index in [2.05, 4.69) is 16.1 Å². The molecule has 0 spiro atoms. The average Bonchev–Trinajstić information content (AvgIpc) is 2.58. The van der Waals surface area contributed by atoms with E-state index in [4.69, 9.17) is 11.6 Å². The number of hydrogen-bond donors (Lipinski definition) is 0. The van der Waals surface area contributed by atoms with E-state index in [0.29, 0.717) is 5.02 Å². The van der Waals surface area contributed by atoms with Crippen molar-refractivity contribution in [3.63, 3.8) is 0 Å². The van der Waals surface area contributed by atoms with Gasteiger partial charge in [-0.1, -0.05) is 11.6 Å². The molecule has 0 aliphatic carbocycles. The Morgan fingerprint density at radius 1 is 1.42 bits per heavy atom. The number of hydrogen-bond acceptors (Lipinski definition) is 2. The minimum Gasteiger partial charge on any atom is -0.236 e. The van der Waals surface area contributed by atoms with Crippen molar-refractivity contribution >= 4 is 11.6 Å². The molecule has 0 amide bonds. The highest BCUT2D eigenvalue weighted by Gasteiger charge is 1.95. The first kappa shape index (κ1) is 7.31. The van der Waals surface area contributed by atoms with E-state index in [-0.39, 0.29) is 0 Å². The van der Waals surface area contributed by atoms with Crippen molar-refractivity contribution in [1.82, 2.24) is 14.8 Å². The number of rotatable bonds is 1. The minimum absolute atomic E-state index is 0.620. The van der Waals surface area contributed by atoms with E-state index >= 15 is 0 Å². The molecule has 0 aliphatic heterocycles. The fourth-order valence-electron chi connectivity index (χ4n) is 0.862. The molecule has 2 aromatic heterocycles. The molecular formula is C8H5ClN3. The molecule has 0 atom stereocenters. The van der Waals surface area contributed by atoms with Crippen LogP contribution in [0.1, 0.15) is 0 Å². The van der Waals surface area contributed by atoms with Gasteiger partial charge in [0.2, 0.25) is 0 Å². The molecule has 2 rings (SSSR count). The van der Waals surface area contributed by atoms with Gasteiger partial charge in [0.25, 0.3) is 0 Å². The van der Waals surface area contributed by atoms with Crippen LogP contribution in [0.3, 0.4) is 0 Å². The molecule has 0 aliphatic rings. The molecule has 0 aromatic carbocycles. The summed E-state index contributed by atoms with van der Waals surface area (Å²) < 4.78 is 1.62. The van der Waals surface area contributed by atoms with Crippen molar-refractivity contribution < 1.29 is 0 Å². The Morgan fingerprint density at radius 3 is 2.92 bits per heavy atom. The first-order valence-electron chi connectivity index (χ1n) is 3.39. The third kappa shape index (κ3) is 1.31. The number of aromatic nitrogens is 3. The third-order valence-corrected chi connectivity index (χ3v) is 1.62. The van der Waals surface area contributed by atoms with Crippen LogP contribution in [0.25, 0.3) is 5.82 Å². The molecule has 0 saturated carbocycles. The highest BCUT2D eigenvalue weighted by Crippen LogP contribution is 2.08. The smallest absolute Gasteiger partial charge is 0.153 e. The van der Waals surface area contributed by atoms with Crippen LogP contribution in [0.5, 0.6) is 0 Å². The standard InChI is InChI=1S/C8H5ClN3/c9-7-2-3-8(10-6-7)12-5-1-4-11-12/h2-6H. The summed E-state index contributed by atoms with van der Waals surface area (Å²) in [6.45, 7) is 0. The molecule has 1 radical (unpaired) electrons. The topological polar surface area (TPSA) is 30.7 Å². The van der Waals surface area contributed by atoms with Gasteiger partial charge in [-0.25, -0.2) is 9.67 Å². The number of halogens is 1. The van der Waals surface area contributed by atoms with Crippen LogP contribution in [-0.4, -0.2) is 14.8 Å². The van der Waals surface area contributed by atoms with E-state index < -0.39 is 0 Å². The second-order valence-corrected chi connectivity index (χ2v) is 2.66. The van der Waals surface area contributed by atoms with Gasteiger partial charge in [0.15, 0.2) is 5.82 Å². The van der Waals surface area contributed by atoms with Crippen LogP contribution >= 0.6 is 11.6 Å². The van der Waals surface area contributed by atoms with E-state index in [9.17, 15) is 0 Å². The fourth-order valence-corrected chi connectivity index (χ4v) is 0.973. The van der Waals surface area contributed by atoms with Crippen LogP contribution in [-0.2, 0) is 0 Å². The molecular weight excluding hydrogens is 174 g/mol. The van der Waals surface area contributed by atoms with Gasteiger partial charge >= 0.3 is 0 Å². The van der Waals surface area contributed by atoms with Crippen molar-refractivity contribution in [1.29, 1.82) is 0 Å². The van der Waals surface area contributed by atoms with E-state index in [0.717, 1.165) is 5.82 Å². The maximum Gasteiger partial charge on any atom is 0.153 e. The van der Waals surface area contributed by atoms with Gasteiger partial charge in [-0.2, -0.15) is 5.10 Å². The normalized spacial score (nSPS) is 10.1. The zero-order chi connectivity index (χ0) is 8.39. The zero-order valence-electron chi connectivity index (χ0n) is 6.11. The molecule has 3 nitrogen and oxygen atoms in total. The van der Waals surface area contributed by atoms with Crippen LogP contribution in [0.4, 0.5) is 0 Å². The van der Waals surface area contributed by atoms with E-state index in [1.54, 1.807) is 35.4 Å². The molecule has 0 bridgehead atoms. The Morgan fingerprint density at radius 2 is 2.33 bits per heavy atom. The second kappa shape index (κ2) is 2.95. The maximum absolute atomic E-state index is 5.67. The summed E-state index contributed by atoms with van der Waals surface area (Å²) in [6.07, 6.45) is 4.87. The number of pyridine rings is 1. The molecule has 2 aromatic rings. The van der Waals surface area contributed by atoms with Gasteiger partial charge in [-0.05, 0) is 12.1 Å². The maximum atomic E-state index is 5.67. The van der Waals surface area contributed by atoms with Crippen molar-refractivity contribution in [2.75, 3.05) is 0 Å². The first-order valence-corrected chi connectivity index (χ1v) is 3.77. The Hall–Kier alpha value is -1.35. The summed E-state index contributed by atoms with van der Waals surface area (Å²) in [5, 5.41) is 4.59. The van der Waals surface area contributed by atoms with Crippen LogP contribution in [0.2, 0.25) is 5.02 Å². The molecule has 12 heavy (non-hydrogen) atoms. The van der Waals surface area contributed by atoms with Gasteiger partial charge in [0.1, 0.15) is 0 Å². The monoisotopic (exact) mass is 178 g/mol. The lowest BCUT2D eigenvalue weighted by Crippen LogP contribution is -1.96.